The molecule has 0 saturated carbocycles. The maximum Gasteiger partial charge on any atom is 0.0939 e. The molecule has 4 nitrogen and oxygen atoms in total. The van der Waals surface area contributed by atoms with E-state index < -0.39 is 0 Å². The van der Waals surface area contributed by atoms with E-state index in [2.05, 4.69) is 26.2 Å². The molecular formula is C14H28N2O2. The van der Waals surface area contributed by atoms with Crippen molar-refractivity contribution >= 4 is 0 Å². The fraction of sp³-hybridized carbons (Fsp3) is 1.00. The van der Waals surface area contributed by atoms with Crippen LogP contribution in [0.3, 0.4) is 0 Å². The van der Waals surface area contributed by atoms with Crippen LogP contribution < -0.4 is 11.3 Å². The van der Waals surface area contributed by atoms with E-state index in [1.54, 1.807) is 0 Å². The molecule has 0 radical (unpaired) electrons. The summed E-state index contributed by atoms with van der Waals surface area (Å²) in [4.78, 5) is 0. The number of nitrogens with two attached hydrogens (primary N) is 1. The maximum absolute atomic E-state index is 6.00. The molecule has 4 heteroatoms. The molecule has 3 N–H and O–H groups in total. The van der Waals surface area contributed by atoms with Crippen LogP contribution in [-0.4, -0.2) is 31.5 Å². The van der Waals surface area contributed by atoms with Gasteiger partial charge in [0.05, 0.1) is 12.2 Å². The second-order valence-electron chi connectivity index (χ2n) is 6.57. The second-order valence-corrected chi connectivity index (χ2v) is 6.57. The first-order chi connectivity index (χ1) is 8.53. The topological polar surface area (TPSA) is 56.5 Å². The largest absolute Gasteiger partial charge is 0.378 e. The molecule has 2 aliphatic heterocycles. The molecule has 3 atom stereocenters. The fourth-order valence-electron chi connectivity index (χ4n) is 3.43. The Hall–Kier alpha value is -0.160. The molecule has 0 aliphatic carbocycles. The zero-order valence-electron chi connectivity index (χ0n) is 12.0. The maximum atomic E-state index is 6.00. The Balaban J connectivity index is 2.07. The van der Waals surface area contributed by atoms with Gasteiger partial charge in [-0.1, -0.05) is 20.8 Å². The standard InChI is InChI=1S/C14H28N2O2/c1-4-13(2,3)12(16-15)11-5-7-18-14(9-11)6-8-17-10-14/h11-12,16H,4-10,15H2,1-3H3. The zero-order chi connectivity index (χ0) is 13.2. The molecule has 3 unspecified atom stereocenters. The number of rotatable bonds is 4. The summed E-state index contributed by atoms with van der Waals surface area (Å²) in [5.74, 6) is 6.41. The summed E-state index contributed by atoms with van der Waals surface area (Å²) in [5.41, 5.74) is 3.27. The predicted molar refractivity (Wildman–Crippen MR) is 72.0 cm³/mol. The van der Waals surface area contributed by atoms with E-state index in [1.165, 1.54) is 0 Å². The Labute approximate surface area is 111 Å². The molecule has 0 aromatic rings. The molecule has 18 heavy (non-hydrogen) atoms. The highest BCUT2D eigenvalue weighted by Gasteiger charge is 2.45. The molecule has 2 fully saturated rings. The van der Waals surface area contributed by atoms with Crippen LogP contribution in [0, 0.1) is 11.3 Å². The van der Waals surface area contributed by atoms with Crippen molar-refractivity contribution in [2.24, 2.45) is 17.2 Å². The van der Waals surface area contributed by atoms with Gasteiger partial charge in [-0.3, -0.25) is 11.3 Å². The monoisotopic (exact) mass is 256 g/mol. The average Bonchev–Trinajstić information content (AvgIpc) is 2.78. The van der Waals surface area contributed by atoms with Crippen LogP contribution >= 0.6 is 0 Å². The first-order valence-corrected chi connectivity index (χ1v) is 7.21. The molecule has 2 saturated heterocycles. The SMILES string of the molecule is CCC(C)(C)C(NN)C1CCOC2(CCOC2)C1. The highest BCUT2D eigenvalue weighted by Crippen LogP contribution is 2.41. The Morgan fingerprint density at radius 3 is 2.78 bits per heavy atom. The van der Waals surface area contributed by atoms with E-state index in [1.807, 2.05) is 0 Å². The van der Waals surface area contributed by atoms with Gasteiger partial charge in [-0.2, -0.15) is 0 Å². The summed E-state index contributed by atoms with van der Waals surface area (Å²) in [6, 6.07) is 0.351. The van der Waals surface area contributed by atoms with Gasteiger partial charge < -0.3 is 9.47 Å². The van der Waals surface area contributed by atoms with Gasteiger partial charge in [0, 0.05) is 25.7 Å². The van der Waals surface area contributed by atoms with Crippen LogP contribution in [0.15, 0.2) is 0 Å². The molecule has 1 spiro atoms. The summed E-state index contributed by atoms with van der Waals surface area (Å²) in [5, 5.41) is 0. The molecule has 0 amide bonds. The van der Waals surface area contributed by atoms with Crippen molar-refractivity contribution in [3.05, 3.63) is 0 Å². The third-order valence-electron chi connectivity index (χ3n) is 5.00. The molecule has 2 heterocycles. The molecular weight excluding hydrogens is 228 g/mol. The minimum absolute atomic E-state index is 0.0260. The van der Waals surface area contributed by atoms with Crippen molar-refractivity contribution < 1.29 is 9.47 Å². The Bertz CT molecular complexity index is 275. The van der Waals surface area contributed by atoms with E-state index in [0.29, 0.717) is 12.0 Å². The van der Waals surface area contributed by atoms with Crippen molar-refractivity contribution in [1.29, 1.82) is 0 Å². The van der Waals surface area contributed by atoms with Crippen molar-refractivity contribution in [2.45, 2.75) is 58.1 Å². The summed E-state index contributed by atoms with van der Waals surface area (Å²) in [6.45, 7) is 9.26. The summed E-state index contributed by atoms with van der Waals surface area (Å²) < 4.78 is 11.5. The van der Waals surface area contributed by atoms with Gasteiger partial charge in [-0.05, 0) is 30.6 Å². The second kappa shape index (κ2) is 5.45. The Morgan fingerprint density at radius 1 is 1.44 bits per heavy atom. The van der Waals surface area contributed by atoms with Crippen molar-refractivity contribution in [3.63, 3.8) is 0 Å². The van der Waals surface area contributed by atoms with E-state index in [0.717, 1.165) is 45.5 Å². The van der Waals surface area contributed by atoms with Crippen LogP contribution in [0.4, 0.5) is 0 Å². The van der Waals surface area contributed by atoms with Crippen LogP contribution in [0.25, 0.3) is 0 Å². The zero-order valence-corrected chi connectivity index (χ0v) is 12.0. The quantitative estimate of drug-likeness (QED) is 0.595. The third kappa shape index (κ3) is 2.72. The first kappa shape index (κ1) is 14.3. The van der Waals surface area contributed by atoms with Crippen molar-refractivity contribution in [1.82, 2.24) is 5.43 Å². The van der Waals surface area contributed by atoms with Gasteiger partial charge in [-0.15, -0.1) is 0 Å². The molecule has 0 bridgehead atoms. The van der Waals surface area contributed by atoms with Gasteiger partial charge >= 0.3 is 0 Å². The highest BCUT2D eigenvalue weighted by atomic mass is 16.6. The summed E-state index contributed by atoms with van der Waals surface area (Å²) in [6.07, 6.45) is 4.33. The number of nitrogens with one attached hydrogen (secondary N) is 1. The molecule has 0 aromatic carbocycles. The van der Waals surface area contributed by atoms with Gasteiger partial charge in [0.1, 0.15) is 0 Å². The van der Waals surface area contributed by atoms with E-state index in [9.17, 15) is 0 Å². The molecule has 2 rings (SSSR count). The number of hydrazine groups is 1. The summed E-state index contributed by atoms with van der Waals surface area (Å²) in [7, 11) is 0. The average molecular weight is 256 g/mol. The van der Waals surface area contributed by atoms with Crippen LogP contribution in [-0.2, 0) is 9.47 Å². The van der Waals surface area contributed by atoms with Gasteiger partial charge in [0.15, 0.2) is 0 Å². The van der Waals surface area contributed by atoms with E-state index in [4.69, 9.17) is 15.3 Å². The number of hydrogen-bond acceptors (Lipinski definition) is 4. The van der Waals surface area contributed by atoms with E-state index in [-0.39, 0.29) is 11.0 Å². The van der Waals surface area contributed by atoms with E-state index >= 15 is 0 Å². The lowest BCUT2D eigenvalue weighted by Gasteiger charge is -2.45. The lowest BCUT2D eigenvalue weighted by atomic mass is 9.70. The van der Waals surface area contributed by atoms with Crippen molar-refractivity contribution in [2.75, 3.05) is 19.8 Å². The smallest absolute Gasteiger partial charge is 0.0939 e. The van der Waals surface area contributed by atoms with Crippen molar-refractivity contribution in [3.8, 4) is 0 Å². The minimum Gasteiger partial charge on any atom is -0.378 e. The highest BCUT2D eigenvalue weighted by molar-refractivity contribution is 4.96. The minimum atomic E-state index is -0.0260. The number of hydrogen-bond donors (Lipinski definition) is 2. The Morgan fingerprint density at radius 2 is 2.22 bits per heavy atom. The van der Waals surface area contributed by atoms with Crippen LogP contribution in [0.2, 0.25) is 0 Å². The first-order valence-electron chi connectivity index (χ1n) is 7.21. The molecule has 2 aliphatic rings. The predicted octanol–water partition coefficient (Wildman–Crippen LogP) is 1.84. The lowest BCUT2D eigenvalue weighted by Crippen LogP contribution is -2.54. The van der Waals surface area contributed by atoms with Crippen LogP contribution in [0.5, 0.6) is 0 Å². The Kier molecular flexibility index (Phi) is 4.32. The molecule has 0 aromatic heterocycles. The van der Waals surface area contributed by atoms with Gasteiger partial charge in [0.2, 0.25) is 0 Å². The fourth-order valence-corrected chi connectivity index (χ4v) is 3.43. The third-order valence-corrected chi connectivity index (χ3v) is 5.00. The molecule has 106 valence electrons. The van der Waals surface area contributed by atoms with Crippen LogP contribution in [0.1, 0.15) is 46.5 Å². The van der Waals surface area contributed by atoms with Gasteiger partial charge in [0.25, 0.3) is 0 Å². The summed E-state index contributed by atoms with van der Waals surface area (Å²) >= 11 is 0. The number of ether oxygens (including phenoxy) is 2. The lowest BCUT2D eigenvalue weighted by molar-refractivity contribution is -0.109. The normalized spacial score (nSPS) is 35.0. The van der Waals surface area contributed by atoms with Gasteiger partial charge in [-0.25, -0.2) is 0 Å².